The summed E-state index contributed by atoms with van der Waals surface area (Å²) in [6, 6.07) is 0. The molecule has 0 aliphatic carbocycles. The van der Waals surface area contributed by atoms with Crippen LogP contribution in [-0.2, 0) is 9.63 Å². The van der Waals surface area contributed by atoms with E-state index in [4.69, 9.17) is 4.84 Å². The molecule has 8 heteroatoms. The van der Waals surface area contributed by atoms with Crippen molar-refractivity contribution in [2.75, 3.05) is 36.4 Å². The molecule has 0 saturated carbocycles. The lowest BCUT2D eigenvalue weighted by molar-refractivity contribution is -0.114. The summed E-state index contributed by atoms with van der Waals surface area (Å²) < 4.78 is 0. The Morgan fingerprint density at radius 1 is 1.33 bits per heavy atom. The van der Waals surface area contributed by atoms with Crippen molar-refractivity contribution in [3.8, 4) is 0 Å². The molecule has 18 heavy (non-hydrogen) atoms. The molecule has 1 aromatic rings. The first-order chi connectivity index (χ1) is 8.56. The van der Waals surface area contributed by atoms with Crippen molar-refractivity contribution in [2.24, 2.45) is 0 Å². The van der Waals surface area contributed by atoms with E-state index >= 15 is 0 Å². The van der Waals surface area contributed by atoms with Crippen LogP contribution in [0.15, 0.2) is 0 Å². The van der Waals surface area contributed by atoms with Crippen LogP contribution in [-0.4, -0.2) is 41.6 Å². The normalized spacial score (nSPS) is 10.0. The average molecular weight is 254 g/mol. The summed E-state index contributed by atoms with van der Waals surface area (Å²) in [5.74, 6) is 0.660. The van der Waals surface area contributed by atoms with E-state index in [2.05, 4.69) is 25.6 Å². The molecule has 0 unspecified atom stereocenters. The maximum atomic E-state index is 11.0. The third-order valence-corrected chi connectivity index (χ3v) is 2.00. The number of carbonyl (C=O) groups is 1. The van der Waals surface area contributed by atoms with Gasteiger partial charge in [0.2, 0.25) is 17.8 Å². The fraction of sp³-hybridized carbons (Fsp3) is 0.600. The standard InChI is InChI=1S/C10H18N6O2/c1-5-6-11-8-13-9(12-7(2)17)15-10(14-8)16(3)18-4/h5-6H2,1-4H3,(H2,11,12,13,14,15,17). The quantitative estimate of drug-likeness (QED) is 0.720. The van der Waals surface area contributed by atoms with Crippen LogP contribution in [0, 0.1) is 0 Å². The maximum absolute atomic E-state index is 11.0. The van der Waals surface area contributed by atoms with Crippen LogP contribution >= 0.6 is 0 Å². The maximum Gasteiger partial charge on any atom is 0.256 e. The molecule has 100 valence electrons. The Morgan fingerprint density at radius 3 is 2.56 bits per heavy atom. The van der Waals surface area contributed by atoms with Gasteiger partial charge in [-0.2, -0.15) is 15.0 Å². The molecule has 2 N–H and O–H groups in total. The Labute approximate surface area is 106 Å². The van der Waals surface area contributed by atoms with Crippen LogP contribution in [0.4, 0.5) is 17.8 Å². The second-order valence-corrected chi connectivity index (χ2v) is 3.57. The van der Waals surface area contributed by atoms with Crippen LogP contribution in [0.5, 0.6) is 0 Å². The van der Waals surface area contributed by atoms with Gasteiger partial charge in [0, 0.05) is 20.5 Å². The number of rotatable bonds is 6. The molecule has 0 fully saturated rings. The molecule has 0 aromatic carbocycles. The highest BCUT2D eigenvalue weighted by molar-refractivity contribution is 5.86. The van der Waals surface area contributed by atoms with Gasteiger partial charge in [-0.05, 0) is 6.42 Å². The highest BCUT2D eigenvalue weighted by Crippen LogP contribution is 2.12. The van der Waals surface area contributed by atoms with Gasteiger partial charge in [-0.3, -0.25) is 14.9 Å². The van der Waals surface area contributed by atoms with E-state index in [-0.39, 0.29) is 11.9 Å². The summed E-state index contributed by atoms with van der Waals surface area (Å²) in [7, 11) is 3.16. The zero-order valence-corrected chi connectivity index (χ0v) is 11.0. The third kappa shape index (κ3) is 4.13. The molecule has 8 nitrogen and oxygen atoms in total. The Morgan fingerprint density at radius 2 is 2.00 bits per heavy atom. The van der Waals surface area contributed by atoms with Gasteiger partial charge in [0.15, 0.2) is 0 Å². The number of hydroxylamine groups is 1. The van der Waals surface area contributed by atoms with E-state index in [1.165, 1.54) is 19.1 Å². The van der Waals surface area contributed by atoms with Crippen LogP contribution in [0.1, 0.15) is 20.3 Å². The predicted molar refractivity (Wildman–Crippen MR) is 68.3 cm³/mol. The van der Waals surface area contributed by atoms with Crippen molar-refractivity contribution in [3.05, 3.63) is 0 Å². The van der Waals surface area contributed by atoms with Crippen molar-refractivity contribution in [1.82, 2.24) is 15.0 Å². The lowest BCUT2D eigenvalue weighted by Gasteiger charge is -2.15. The second-order valence-electron chi connectivity index (χ2n) is 3.57. The number of hydrogen-bond donors (Lipinski definition) is 2. The Bertz CT molecular complexity index is 411. The molecule has 0 bridgehead atoms. The first kappa shape index (κ1) is 14.1. The van der Waals surface area contributed by atoms with Crippen molar-refractivity contribution < 1.29 is 9.63 Å². The summed E-state index contributed by atoms with van der Waals surface area (Å²) in [5, 5.41) is 6.93. The lowest BCUT2D eigenvalue weighted by atomic mass is 10.5. The number of amides is 1. The Hall–Kier alpha value is -1.96. The van der Waals surface area contributed by atoms with E-state index in [1.807, 2.05) is 6.92 Å². The molecule has 0 aliphatic heterocycles. The van der Waals surface area contributed by atoms with E-state index < -0.39 is 0 Å². The molecule has 1 rings (SSSR count). The van der Waals surface area contributed by atoms with Gasteiger partial charge >= 0.3 is 0 Å². The van der Waals surface area contributed by atoms with Gasteiger partial charge < -0.3 is 5.32 Å². The molecule has 1 amide bonds. The molecular weight excluding hydrogens is 236 g/mol. The molecule has 0 aliphatic rings. The van der Waals surface area contributed by atoms with Gasteiger partial charge in [0.05, 0.1) is 7.11 Å². The summed E-state index contributed by atoms with van der Waals surface area (Å²) in [6.45, 7) is 4.16. The fourth-order valence-corrected chi connectivity index (χ4v) is 1.12. The van der Waals surface area contributed by atoms with Crippen molar-refractivity contribution in [1.29, 1.82) is 0 Å². The highest BCUT2D eigenvalue weighted by Gasteiger charge is 2.10. The number of carbonyl (C=O) groups excluding carboxylic acids is 1. The third-order valence-electron chi connectivity index (χ3n) is 2.00. The first-order valence-corrected chi connectivity index (χ1v) is 5.62. The first-order valence-electron chi connectivity index (χ1n) is 5.62. The van der Waals surface area contributed by atoms with Gasteiger partial charge in [0.25, 0.3) is 5.95 Å². The van der Waals surface area contributed by atoms with E-state index in [9.17, 15) is 4.79 Å². The minimum Gasteiger partial charge on any atom is -0.354 e. The number of nitrogens with zero attached hydrogens (tertiary/aromatic N) is 4. The van der Waals surface area contributed by atoms with E-state index in [0.717, 1.165) is 13.0 Å². The Kier molecular flexibility index (Phi) is 5.25. The second kappa shape index (κ2) is 6.70. The monoisotopic (exact) mass is 254 g/mol. The highest BCUT2D eigenvalue weighted by atomic mass is 16.7. The molecule has 1 aromatic heterocycles. The van der Waals surface area contributed by atoms with Crippen LogP contribution in [0.2, 0.25) is 0 Å². The van der Waals surface area contributed by atoms with Crippen molar-refractivity contribution >= 4 is 23.8 Å². The number of anilines is 3. The molecule has 0 atom stereocenters. The zero-order valence-electron chi connectivity index (χ0n) is 11.0. The predicted octanol–water partition coefficient (Wildman–Crippen LogP) is 0.649. The van der Waals surface area contributed by atoms with Gasteiger partial charge in [-0.1, -0.05) is 6.92 Å². The Balaban J connectivity index is 2.99. The SMILES string of the molecule is CCCNc1nc(NC(C)=O)nc(N(C)OC)n1. The van der Waals surface area contributed by atoms with Crippen molar-refractivity contribution in [3.63, 3.8) is 0 Å². The largest absolute Gasteiger partial charge is 0.354 e. The summed E-state index contributed by atoms with van der Waals surface area (Å²) in [4.78, 5) is 28.3. The average Bonchev–Trinajstić information content (AvgIpc) is 2.34. The van der Waals surface area contributed by atoms with Crippen LogP contribution in [0.3, 0.4) is 0 Å². The molecule has 0 radical (unpaired) electrons. The van der Waals surface area contributed by atoms with Crippen molar-refractivity contribution in [2.45, 2.75) is 20.3 Å². The van der Waals surface area contributed by atoms with Crippen LogP contribution in [0.25, 0.3) is 0 Å². The fourth-order valence-electron chi connectivity index (χ4n) is 1.12. The molecule has 0 saturated heterocycles. The zero-order chi connectivity index (χ0) is 13.5. The van der Waals surface area contributed by atoms with E-state index in [0.29, 0.717) is 11.9 Å². The number of hydrogen-bond acceptors (Lipinski definition) is 7. The lowest BCUT2D eigenvalue weighted by Crippen LogP contribution is -2.21. The molecular formula is C10H18N6O2. The number of aromatic nitrogens is 3. The minimum absolute atomic E-state index is 0.190. The van der Waals surface area contributed by atoms with Gasteiger partial charge in [0.1, 0.15) is 0 Å². The van der Waals surface area contributed by atoms with Crippen LogP contribution < -0.4 is 15.7 Å². The minimum atomic E-state index is -0.242. The smallest absolute Gasteiger partial charge is 0.256 e. The van der Waals surface area contributed by atoms with Gasteiger partial charge in [-0.15, -0.1) is 0 Å². The van der Waals surface area contributed by atoms with E-state index in [1.54, 1.807) is 7.05 Å². The topological polar surface area (TPSA) is 92.3 Å². The molecule has 0 spiro atoms. The molecule has 1 heterocycles. The summed E-state index contributed by atoms with van der Waals surface area (Å²) in [6.07, 6.45) is 0.941. The van der Waals surface area contributed by atoms with Gasteiger partial charge in [-0.25, -0.2) is 5.06 Å². The number of nitrogens with one attached hydrogen (secondary N) is 2. The summed E-state index contributed by atoms with van der Waals surface area (Å²) >= 11 is 0. The summed E-state index contributed by atoms with van der Waals surface area (Å²) in [5.41, 5.74) is 0.